The summed E-state index contributed by atoms with van der Waals surface area (Å²) in [7, 11) is 0. The molecule has 1 aliphatic carbocycles. The Labute approximate surface area is 96.0 Å². The molecule has 0 aliphatic heterocycles. The lowest BCUT2D eigenvalue weighted by molar-refractivity contribution is -0.118. The highest BCUT2D eigenvalue weighted by molar-refractivity contribution is 5.74. The average molecular weight is 218 g/mol. The Kier molecular flexibility index (Phi) is 3.57. The Morgan fingerprint density at radius 2 is 2.06 bits per heavy atom. The third-order valence-corrected chi connectivity index (χ3v) is 3.02. The molecule has 0 unspecified atom stereocenters. The lowest BCUT2D eigenvalue weighted by atomic mass is 10.1. The van der Waals surface area contributed by atoms with Crippen LogP contribution in [0.15, 0.2) is 30.3 Å². The van der Waals surface area contributed by atoms with Crippen LogP contribution in [0, 0.1) is 5.92 Å². The molecule has 3 nitrogen and oxygen atoms in total. The van der Waals surface area contributed by atoms with Gasteiger partial charge in [-0.2, -0.15) is 0 Å². The van der Waals surface area contributed by atoms with Crippen molar-refractivity contribution in [1.29, 1.82) is 0 Å². The van der Waals surface area contributed by atoms with Gasteiger partial charge in [-0.15, -0.1) is 0 Å². The van der Waals surface area contributed by atoms with E-state index in [4.69, 9.17) is 5.73 Å². The Morgan fingerprint density at radius 3 is 2.62 bits per heavy atom. The minimum atomic E-state index is -0.211. The van der Waals surface area contributed by atoms with Crippen molar-refractivity contribution in [1.82, 2.24) is 5.32 Å². The van der Waals surface area contributed by atoms with Gasteiger partial charge in [0, 0.05) is 19.0 Å². The van der Waals surface area contributed by atoms with Crippen LogP contribution in [0.4, 0.5) is 0 Å². The molecule has 1 atom stereocenters. The zero-order valence-electron chi connectivity index (χ0n) is 9.36. The molecule has 3 N–H and O–H groups in total. The van der Waals surface area contributed by atoms with E-state index < -0.39 is 0 Å². The van der Waals surface area contributed by atoms with E-state index in [1.54, 1.807) is 0 Å². The van der Waals surface area contributed by atoms with E-state index in [2.05, 4.69) is 17.4 Å². The smallest absolute Gasteiger partial charge is 0.218 e. The van der Waals surface area contributed by atoms with Crippen molar-refractivity contribution in [2.75, 3.05) is 0 Å². The third kappa shape index (κ3) is 3.35. The molecule has 0 aromatic heterocycles. The van der Waals surface area contributed by atoms with Crippen LogP contribution in [0.3, 0.4) is 0 Å². The van der Waals surface area contributed by atoms with E-state index in [0.29, 0.717) is 12.3 Å². The number of hydrogen-bond donors (Lipinski definition) is 2. The minimum absolute atomic E-state index is 0.211. The van der Waals surface area contributed by atoms with Gasteiger partial charge in [-0.3, -0.25) is 4.79 Å². The first kappa shape index (κ1) is 11.1. The summed E-state index contributed by atoms with van der Waals surface area (Å²) in [6.07, 6.45) is 2.90. The molecule has 1 saturated carbocycles. The molecular weight excluding hydrogens is 200 g/mol. The molecule has 86 valence electrons. The maximum atomic E-state index is 10.9. The molecule has 1 aromatic rings. The van der Waals surface area contributed by atoms with Crippen molar-refractivity contribution in [2.45, 2.75) is 31.8 Å². The van der Waals surface area contributed by atoms with E-state index in [0.717, 1.165) is 6.54 Å². The van der Waals surface area contributed by atoms with E-state index in [1.807, 2.05) is 18.2 Å². The molecule has 16 heavy (non-hydrogen) atoms. The molecule has 1 fully saturated rings. The SMILES string of the molecule is NC(=O)C[C@@H](NCc1ccccc1)C1CC1. The van der Waals surface area contributed by atoms with Crippen LogP contribution in [-0.4, -0.2) is 11.9 Å². The van der Waals surface area contributed by atoms with Gasteiger partial charge < -0.3 is 11.1 Å². The second kappa shape index (κ2) is 5.12. The highest BCUT2D eigenvalue weighted by Gasteiger charge is 2.31. The van der Waals surface area contributed by atoms with Gasteiger partial charge in [0.2, 0.25) is 5.91 Å². The van der Waals surface area contributed by atoms with Crippen LogP contribution >= 0.6 is 0 Å². The number of benzene rings is 1. The Balaban J connectivity index is 1.84. The predicted octanol–water partition coefficient (Wildman–Crippen LogP) is 1.43. The number of rotatable bonds is 6. The zero-order valence-corrected chi connectivity index (χ0v) is 9.36. The Morgan fingerprint density at radius 1 is 1.38 bits per heavy atom. The Hall–Kier alpha value is -1.35. The molecule has 0 radical (unpaired) electrons. The molecule has 2 rings (SSSR count). The molecule has 0 spiro atoms. The highest BCUT2D eigenvalue weighted by atomic mass is 16.1. The molecule has 0 saturated heterocycles. The van der Waals surface area contributed by atoms with Crippen molar-refractivity contribution in [3.05, 3.63) is 35.9 Å². The van der Waals surface area contributed by atoms with Crippen molar-refractivity contribution in [3.63, 3.8) is 0 Å². The van der Waals surface area contributed by atoms with Crippen molar-refractivity contribution in [3.8, 4) is 0 Å². The number of carbonyl (C=O) groups excluding carboxylic acids is 1. The molecular formula is C13H18N2O. The van der Waals surface area contributed by atoms with Gasteiger partial charge in [-0.1, -0.05) is 30.3 Å². The van der Waals surface area contributed by atoms with Crippen LogP contribution in [-0.2, 0) is 11.3 Å². The van der Waals surface area contributed by atoms with Crippen LogP contribution in [0.25, 0.3) is 0 Å². The maximum absolute atomic E-state index is 10.9. The summed E-state index contributed by atoms with van der Waals surface area (Å²) in [5.74, 6) is 0.439. The zero-order chi connectivity index (χ0) is 11.4. The highest BCUT2D eigenvalue weighted by Crippen LogP contribution is 2.34. The summed E-state index contributed by atoms with van der Waals surface area (Å²) in [6.45, 7) is 0.815. The van der Waals surface area contributed by atoms with Gasteiger partial charge in [-0.25, -0.2) is 0 Å². The number of carbonyl (C=O) groups is 1. The predicted molar refractivity (Wildman–Crippen MR) is 63.6 cm³/mol. The van der Waals surface area contributed by atoms with E-state index in [1.165, 1.54) is 18.4 Å². The summed E-state index contributed by atoms with van der Waals surface area (Å²) in [5, 5.41) is 3.43. The number of nitrogens with two attached hydrogens (primary N) is 1. The van der Waals surface area contributed by atoms with Gasteiger partial charge in [0.25, 0.3) is 0 Å². The number of amides is 1. The molecule has 0 bridgehead atoms. The fraction of sp³-hybridized carbons (Fsp3) is 0.462. The van der Waals surface area contributed by atoms with Gasteiger partial charge in [-0.05, 0) is 24.3 Å². The largest absolute Gasteiger partial charge is 0.370 e. The van der Waals surface area contributed by atoms with Crippen molar-refractivity contribution < 1.29 is 4.79 Å². The van der Waals surface area contributed by atoms with Gasteiger partial charge >= 0.3 is 0 Å². The van der Waals surface area contributed by atoms with Crippen LogP contribution in [0.5, 0.6) is 0 Å². The number of nitrogens with one attached hydrogen (secondary N) is 1. The van der Waals surface area contributed by atoms with Crippen LogP contribution in [0.2, 0.25) is 0 Å². The minimum Gasteiger partial charge on any atom is -0.370 e. The lowest BCUT2D eigenvalue weighted by Gasteiger charge is -2.16. The fourth-order valence-electron chi connectivity index (χ4n) is 1.97. The monoisotopic (exact) mass is 218 g/mol. The Bertz CT molecular complexity index is 346. The molecule has 1 aliphatic rings. The van der Waals surface area contributed by atoms with E-state index >= 15 is 0 Å². The van der Waals surface area contributed by atoms with Gasteiger partial charge in [0.15, 0.2) is 0 Å². The second-order valence-corrected chi connectivity index (χ2v) is 4.48. The second-order valence-electron chi connectivity index (χ2n) is 4.48. The summed E-state index contributed by atoms with van der Waals surface area (Å²) in [6, 6.07) is 10.5. The molecule has 3 heteroatoms. The molecule has 1 amide bonds. The molecule has 1 aromatic carbocycles. The fourth-order valence-corrected chi connectivity index (χ4v) is 1.97. The first-order valence-corrected chi connectivity index (χ1v) is 5.81. The number of hydrogen-bond acceptors (Lipinski definition) is 2. The van der Waals surface area contributed by atoms with Crippen LogP contribution < -0.4 is 11.1 Å². The standard InChI is InChI=1S/C13H18N2O/c14-13(16)8-12(11-6-7-11)15-9-10-4-2-1-3-5-10/h1-5,11-12,15H,6-9H2,(H2,14,16)/t12-/m1/s1. The quantitative estimate of drug-likeness (QED) is 0.759. The third-order valence-electron chi connectivity index (χ3n) is 3.02. The van der Waals surface area contributed by atoms with Gasteiger partial charge in [0.05, 0.1) is 0 Å². The van der Waals surface area contributed by atoms with Crippen molar-refractivity contribution in [2.24, 2.45) is 11.7 Å². The normalized spacial score (nSPS) is 17.0. The topological polar surface area (TPSA) is 55.1 Å². The first-order valence-electron chi connectivity index (χ1n) is 5.81. The van der Waals surface area contributed by atoms with Crippen molar-refractivity contribution >= 4 is 5.91 Å². The summed E-state index contributed by atoms with van der Waals surface area (Å²) in [4.78, 5) is 10.9. The summed E-state index contributed by atoms with van der Waals surface area (Å²) >= 11 is 0. The van der Waals surface area contributed by atoms with Gasteiger partial charge in [0.1, 0.15) is 0 Å². The summed E-state index contributed by atoms with van der Waals surface area (Å²) < 4.78 is 0. The average Bonchev–Trinajstić information content (AvgIpc) is 3.09. The molecule has 0 heterocycles. The van der Waals surface area contributed by atoms with Crippen LogP contribution in [0.1, 0.15) is 24.8 Å². The van der Waals surface area contributed by atoms with E-state index in [-0.39, 0.29) is 11.9 Å². The number of primary amides is 1. The summed E-state index contributed by atoms with van der Waals surface area (Å²) in [5.41, 5.74) is 6.50. The first-order chi connectivity index (χ1) is 7.75. The maximum Gasteiger partial charge on any atom is 0.218 e. The lowest BCUT2D eigenvalue weighted by Crippen LogP contribution is -2.34. The van der Waals surface area contributed by atoms with E-state index in [9.17, 15) is 4.79 Å².